The van der Waals surface area contributed by atoms with E-state index in [-0.39, 0.29) is 42.9 Å². The number of ether oxygens (including phenoxy) is 2. The highest BCUT2D eigenvalue weighted by Crippen LogP contribution is 2.32. The van der Waals surface area contributed by atoms with Crippen LogP contribution in [0.1, 0.15) is 66.7 Å². The van der Waals surface area contributed by atoms with Gasteiger partial charge in [-0.05, 0) is 79.9 Å². The van der Waals surface area contributed by atoms with Gasteiger partial charge in [-0.3, -0.25) is 9.59 Å². The number of benzene rings is 2. The van der Waals surface area contributed by atoms with E-state index in [1.165, 1.54) is 6.07 Å². The van der Waals surface area contributed by atoms with Gasteiger partial charge in [0.15, 0.2) is 0 Å². The standard InChI is InChI=1S/C13H17BO4.C12H15BO5.ClH/c1-4-17-12(15)7-11-13-9(3)5-8(2)6-10(13)14(16)18-11;1-3-17-11(15)6-10-12-7(2)4-8(14)5-9(12)13(16)18-10;/h5-6,11,16H,4,7H2,1-3H3;4-5,10,14,16H,3,6H2,1-2H3;1H. The van der Waals surface area contributed by atoms with Gasteiger partial charge in [-0.25, -0.2) is 0 Å². The predicted octanol–water partition coefficient (Wildman–Crippen LogP) is 1.85. The average molecular weight is 535 g/mol. The molecule has 37 heavy (non-hydrogen) atoms. The number of fused-ring (bicyclic) bond motifs is 2. The van der Waals surface area contributed by atoms with Crippen LogP contribution in [-0.4, -0.2) is 54.5 Å². The molecule has 0 saturated carbocycles. The molecule has 0 aliphatic carbocycles. The van der Waals surface area contributed by atoms with Gasteiger partial charge in [0, 0.05) is 0 Å². The number of hydrogen-bond donors (Lipinski definition) is 3. The maximum absolute atomic E-state index is 11.5. The molecule has 0 amide bonds. The Bertz CT molecular complexity index is 1040. The molecule has 2 aliphatic heterocycles. The minimum absolute atomic E-state index is 0. The van der Waals surface area contributed by atoms with Gasteiger partial charge in [-0.2, -0.15) is 0 Å². The van der Waals surface area contributed by atoms with Gasteiger partial charge in [0.2, 0.25) is 0 Å². The summed E-state index contributed by atoms with van der Waals surface area (Å²) < 4.78 is 20.6. The highest BCUT2D eigenvalue weighted by atomic mass is 35.5. The Kier molecular flexibility index (Phi) is 11.0. The summed E-state index contributed by atoms with van der Waals surface area (Å²) in [5, 5.41) is 29.1. The van der Waals surface area contributed by atoms with Gasteiger partial charge in [-0.15, -0.1) is 12.4 Å². The van der Waals surface area contributed by atoms with E-state index in [1.807, 2.05) is 26.0 Å². The molecule has 2 atom stereocenters. The lowest BCUT2D eigenvalue weighted by Crippen LogP contribution is -2.28. The monoisotopic (exact) mass is 534 g/mol. The Morgan fingerprint density at radius 3 is 1.70 bits per heavy atom. The van der Waals surface area contributed by atoms with Crippen molar-refractivity contribution in [1.82, 2.24) is 0 Å². The fraction of sp³-hybridized carbons (Fsp3) is 0.440. The van der Waals surface area contributed by atoms with E-state index in [0.29, 0.717) is 18.7 Å². The van der Waals surface area contributed by atoms with Crippen LogP contribution in [0.25, 0.3) is 0 Å². The van der Waals surface area contributed by atoms with Crippen molar-refractivity contribution >= 4 is 49.5 Å². The molecular formula is C25H33B2ClO9. The summed E-state index contributed by atoms with van der Waals surface area (Å²) in [6.07, 6.45) is -0.727. The number of carbonyl (C=O) groups excluding carboxylic acids is 2. The summed E-state index contributed by atoms with van der Waals surface area (Å²) >= 11 is 0. The molecule has 3 N–H and O–H groups in total. The zero-order valence-electron chi connectivity index (χ0n) is 21.6. The summed E-state index contributed by atoms with van der Waals surface area (Å²) in [4.78, 5) is 23.0. The molecular weight excluding hydrogens is 501 g/mol. The molecule has 2 unspecified atom stereocenters. The predicted molar refractivity (Wildman–Crippen MR) is 141 cm³/mol. The van der Waals surface area contributed by atoms with Crippen molar-refractivity contribution in [2.45, 2.75) is 59.7 Å². The average Bonchev–Trinajstić information content (AvgIpc) is 3.25. The quantitative estimate of drug-likeness (QED) is 0.375. The van der Waals surface area contributed by atoms with E-state index in [2.05, 4.69) is 0 Å². The third-order valence-electron chi connectivity index (χ3n) is 6.04. The Balaban J connectivity index is 0.000000253. The second-order valence-electron chi connectivity index (χ2n) is 8.82. The lowest BCUT2D eigenvalue weighted by atomic mass is 9.77. The van der Waals surface area contributed by atoms with Crippen LogP contribution >= 0.6 is 12.4 Å². The zero-order valence-corrected chi connectivity index (χ0v) is 22.5. The fourth-order valence-corrected chi connectivity index (χ4v) is 4.74. The number of phenolic OH excluding ortho intramolecular Hbond substituents is 1. The third kappa shape index (κ3) is 7.27. The second-order valence-corrected chi connectivity index (χ2v) is 8.82. The van der Waals surface area contributed by atoms with E-state index in [9.17, 15) is 24.7 Å². The number of halogens is 1. The number of aromatic hydroxyl groups is 1. The lowest BCUT2D eigenvalue weighted by molar-refractivity contribution is -0.146. The lowest BCUT2D eigenvalue weighted by Gasteiger charge is -2.13. The van der Waals surface area contributed by atoms with Gasteiger partial charge >= 0.3 is 26.2 Å². The number of rotatable bonds is 6. The van der Waals surface area contributed by atoms with Crippen LogP contribution in [0.15, 0.2) is 24.3 Å². The molecule has 12 heteroatoms. The van der Waals surface area contributed by atoms with Crippen LogP contribution in [0.3, 0.4) is 0 Å². The van der Waals surface area contributed by atoms with Crippen molar-refractivity contribution in [3.8, 4) is 5.75 Å². The number of hydrogen-bond acceptors (Lipinski definition) is 9. The second kappa shape index (κ2) is 13.3. The van der Waals surface area contributed by atoms with Gasteiger partial charge in [0.1, 0.15) is 5.75 Å². The molecule has 2 aromatic rings. The van der Waals surface area contributed by atoms with E-state index >= 15 is 0 Å². The Morgan fingerprint density at radius 1 is 0.811 bits per heavy atom. The summed E-state index contributed by atoms with van der Waals surface area (Å²) in [7, 11) is -2.05. The first-order valence-electron chi connectivity index (χ1n) is 12.0. The molecule has 4 rings (SSSR count). The maximum Gasteiger partial charge on any atom is 0.492 e. The van der Waals surface area contributed by atoms with Gasteiger partial charge in [0.25, 0.3) is 0 Å². The van der Waals surface area contributed by atoms with Crippen LogP contribution in [0, 0.1) is 20.8 Å². The van der Waals surface area contributed by atoms with Crippen LogP contribution in [0.2, 0.25) is 0 Å². The molecule has 0 spiro atoms. The van der Waals surface area contributed by atoms with Crippen molar-refractivity contribution in [1.29, 1.82) is 0 Å². The number of carbonyl (C=O) groups is 2. The van der Waals surface area contributed by atoms with Crippen LogP contribution in [-0.2, 0) is 28.4 Å². The van der Waals surface area contributed by atoms with Crippen LogP contribution < -0.4 is 10.9 Å². The fourth-order valence-electron chi connectivity index (χ4n) is 4.74. The number of esters is 2. The van der Waals surface area contributed by atoms with Crippen molar-refractivity contribution in [2.24, 2.45) is 0 Å². The van der Waals surface area contributed by atoms with Crippen LogP contribution in [0.5, 0.6) is 5.75 Å². The largest absolute Gasteiger partial charge is 0.508 e. The highest BCUT2D eigenvalue weighted by molar-refractivity contribution is 6.62. The minimum Gasteiger partial charge on any atom is -0.508 e. The molecule has 0 saturated heterocycles. The third-order valence-corrected chi connectivity index (χ3v) is 6.04. The van der Waals surface area contributed by atoms with Crippen molar-refractivity contribution in [2.75, 3.05) is 13.2 Å². The molecule has 2 aromatic carbocycles. The van der Waals surface area contributed by atoms with Gasteiger partial charge in [0.05, 0.1) is 38.3 Å². The summed E-state index contributed by atoms with van der Waals surface area (Å²) in [6, 6.07) is 6.97. The van der Waals surface area contributed by atoms with E-state index < -0.39 is 26.4 Å². The molecule has 200 valence electrons. The minimum atomic E-state index is -1.11. The van der Waals surface area contributed by atoms with E-state index in [0.717, 1.165) is 33.3 Å². The molecule has 9 nitrogen and oxygen atoms in total. The number of aryl methyl sites for hydroxylation is 3. The molecule has 0 fully saturated rings. The number of phenols is 1. The van der Waals surface area contributed by atoms with Crippen molar-refractivity contribution < 1.29 is 43.5 Å². The van der Waals surface area contributed by atoms with Gasteiger partial charge < -0.3 is 33.9 Å². The Morgan fingerprint density at radius 2 is 1.24 bits per heavy atom. The Labute approximate surface area is 223 Å². The maximum atomic E-state index is 11.5. The molecule has 2 heterocycles. The first-order valence-corrected chi connectivity index (χ1v) is 12.0. The van der Waals surface area contributed by atoms with Crippen molar-refractivity contribution in [3.05, 3.63) is 52.1 Å². The molecule has 0 aromatic heterocycles. The molecule has 0 radical (unpaired) electrons. The van der Waals surface area contributed by atoms with E-state index in [4.69, 9.17) is 18.8 Å². The summed E-state index contributed by atoms with van der Waals surface area (Å²) in [6.45, 7) is 9.91. The molecule has 0 bridgehead atoms. The van der Waals surface area contributed by atoms with E-state index in [1.54, 1.807) is 26.8 Å². The highest BCUT2D eigenvalue weighted by Gasteiger charge is 2.38. The first kappa shape index (κ1) is 30.7. The normalized spacial score (nSPS) is 17.3. The first-order chi connectivity index (χ1) is 17.0. The van der Waals surface area contributed by atoms with Crippen molar-refractivity contribution in [3.63, 3.8) is 0 Å². The molecule has 2 aliphatic rings. The Hall–Kier alpha value is -2.56. The van der Waals surface area contributed by atoms with Crippen LogP contribution in [0.4, 0.5) is 0 Å². The smallest absolute Gasteiger partial charge is 0.492 e. The SMILES string of the molecule is CCOC(=O)CC1OB(O)c2cc(C)cc(C)c21.CCOC(=O)CC1OB(O)c2cc(O)cc(C)c21.Cl. The van der Waals surface area contributed by atoms with Gasteiger partial charge in [-0.1, -0.05) is 17.7 Å². The summed E-state index contributed by atoms with van der Waals surface area (Å²) in [5.74, 6) is -0.594. The topological polar surface area (TPSA) is 132 Å². The summed E-state index contributed by atoms with van der Waals surface area (Å²) in [5.41, 5.74) is 5.86. The zero-order chi connectivity index (χ0) is 26.6.